The quantitative estimate of drug-likeness (QED) is 0.598. The summed E-state index contributed by atoms with van der Waals surface area (Å²) in [5.74, 6) is 0.000113. The van der Waals surface area contributed by atoms with Crippen molar-refractivity contribution in [2.75, 3.05) is 13.2 Å². The zero-order valence-electron chi connectivity index (χ0n) is 13.9. The standard InChI is InChI=1S/C16H15BrN6O3/c1-2-26-16(25)12-8-21-3-4-22(9-14(21)19-12)15(24)11-5-13-18-6-10(17)7-23(13)20-11/h5-8H,2-4,9H2,1H3. The van der Waals surface area contributed by atoms with E-state index in [9.17, 15) is 9.59 Å². The number of imidazole rings is 1. The predicted molar refractivity (Wildman–Crippen MR) is 93.6 cm³/mol. The highest BCUT2D eigenvalue weighted by atomic mass is 79.9. The van der Waals surface area contributed by atoms with E-state index in [4.69, 9.17) is 4.74 Å². The molecule has 0 aromatic carbocycles. The summed E-state index contributed by atoms with van der Waals surface area (Å²) in [4.78, 5) is 34.8. The molecule has 3 aromatic rings. The van der Waals surface area contributed by atoms with Gasteiger partial charge in [0.2, 0.25) is 0 Å². The lowest BCUT2D eigenvalue weighted by Gasteiger charge is -2.26. The maximum atomic E-state index is 12.8. The lowest BCUT2D eigenvalue weighted by molar-refractivity contribution is 0.0519. The van der Waals surface area contributed by atoms with E-state index in [0.717, 1.165) is 4.47 Å². The minimum absolute atomic E-state index is 0.196. The number of fused-ring (bicyclic) bond motifs is 2. The van der Waals surface area contributed by atoms with Gasteiger partial charge >= 0.3 is 5.97 Å². The van der Waals surface area contributed by atoms with E-state index in [-0.39, 0.29) is 11.6 Å². The van der Waals surface area contributed by atoms with Crippen LogP contribution in [0.5, 0.6) is 0 Å². The van der Waals surface area contributed by atoms with Crippen molar-refractivity contribution in [3.05, 3.63) is 46.3 Å². The molecule has 3 aromatic heterocycles. The smallest absolute Gasteiger partial charge is 0.358 e. The summed E-state index contributed by atoms with van der Waals surface area (Å²) in [5, 5.41) is 4.29. The first-order valence-electron chi connectivity index (χ1n) is 8.08. The third-order valence-electron chi connectivity index (χ3n) is 4.07. The van der Waals surface area contributed by atoms with Crippen molar-refractivity contribution in [3.63, 3.8) is 0 Å². The van der Waals surface area contributed by atoms with Crippen LogP contribution in [0.3, 0.4) is 0 Å². The molecule has 4 rings (SSSR count). The van der Waals surface area contributed by atoms with E-state index < -0.39 is 5.97 Å². The minimum Gasteiger partial charge on any atom is -0.461 e. The molecule has 0 fully saturated rings. The second kappa shape index (κ2) is 6.52. The Bertz CT molecular complexity index is 1010. The molecule has 10 heteroatoms. The topological polar surface area (TPSA) is 94.6 Å². The SMILES string of the molecule is CCOC(=O)c1cn2c(n1)CN(C(=O)c1cc3ncc(Br)cn3n1)CC2. The molecule has 0 N–H and O–H groups in total. The molecule has 9 nitrogen and oxygen atoms in total. The fraction of sp³-hybridized carbons (Fsp3) is 0.312. The first-order chi connectivity index (χ1) is 12.5. The van der Waals surface area contributed by atoms with E-state index in [0.29, 0.717) is 43.4 Å². The third-order valence-corrected chi connectivity index (χ3v) is 4.48. The molecule has 26 heavy (non-hydrogen) atoms. The van der Waals surface area contributed by atoms with Crippen LogP contribution in [0.2, 0.25) is 0 Å². The fourth-order valence-electron chi connectivity index (χ4n) is 2.85. The van der Waals surface area contributed by atoms with Gasteiger partial charge in [-0.15, -0.1) is 0 Å². The first kappa shape index (κ1) is 16.7. The largest absolute Gasteiger partial charge is 0.461 e. The van der Waals surface area contributed by atoms with Crippen LogP contribution < -0.4 is 0 Å². The van der Waals surface area contributed by atoms with Gasteiger partial charge in [-0.05, 0) is 22.9 Å². The monoisotopic (exact) mass is 418 g/mol. The van der Waals surface area contributed by atoms with Gasteiger partial charge in [0, 0.05) is 37.7 Å². The summed E-state index contributed by atoms with van der Waals surface area (Å²) < 4.78 is 9.18. The van der Waals surface area contributed by atoms with Gasteiger partial charge in [0.15, 0.2) is 17.0 Å². The summed E-state index contributed by atoms with van der Waals surface area (Å²) >= 11 is 3.33. The molecule has 0 aliphatic carbocycles. The van der Waals surface area contributed by atoms with Gasteiger partial charge in [-0.3, -0.25) is 4.79 Å². The van der Waals surface area contributed by atoms with Crippen molar-refractivity contribution in [2.45, 2.75) is 20.0 Å². The molecule has 0 atom stereocenters. The molecule has 0 radical (unpaired) electrons. The number of nitrogens with zero attached hydrogens (tertiary/aromatic N) is 6. The van der Waals surface area contributed by atoms with Crippen LogP contribution in [-0.2, 0) is 17.8 Å². The Morgan fingerprint density at radius 1 is 1.27 bits per heavy atom. The minimum atomic E-state index is -0.454. The number of ether oxygens (including phenoxy) is 1. The van der Waals surface area contributed by atoms with E-state index in [2.05, 4.69) is 31.0 Å². The normalized spacial score (nSPS) is 13.7. The number of rotatable bonds is 3. The number of carbonyl (C=O) groups is 2. The summed E-state index contributed by atoms with van der Waals surface area (Å²) in [6.45, 7) is 3.42. The molecule has 0 bridgehead atoms. The highest BCUT2D eigenvalue weighted by Crippen LogP contribution is 2.17. The molecule has 1 aliphatic heterocycles. The van der Waals surface area contributed by atoms with E-state index in [1.54, 1.807) is 41.0 Å². The van der Waals surface area contributed by atoms with Crippen LogP contribution in [0.1, 0.15) is 33.7 Å². The number of carbonyl (C=O) groups excluding carboxylic acids is 2. The molecule has 0 saturated carbocycles. The zero-order chi connectivity index (χ0) is 18.3. The number of hydrogen-bond donors (Lipinski definition) is 0. The molecule has 134 valence electrons. The van der Waals surface area contributed by atoms with Gasteiger partial charge in [0.25, 0.3) is 5.91 Å². The molecular weight excluding hydrogens is 404 g/mol. The second-order valence-corrected chi connectivity index (χ2v) is 6.70. The van der Waals surface area contributed by atoms with Crippen molar-refractivity contribution in [1.29, 1.82) is 0 Å². The molecule has 0 spiro atoms. The highest BCUT2D eigenvalue weighted by molar-refractivity contribution is 9.10. The second-order valence-electron chi connectivity index (χ2n) is 5.79. The van der Waals surface area contributed by atoms with Gasteiger partial charge in [-0.2, -0.15) is 5.10 Å². The van der Waals surface area contributed by atoms with Crippen molar-refractivity contribution >= 4 is 33.5 Å². The average molecular weight is 419 g/mol. The van der Waals surface area contributed by atoms with Gasteiger partial charge < -0.3 is 14.2 Å². The Morgan fingerprint density at radius 2 is 2.12 bits per heavy atom. The fourth-order valence-corrected chi connectivity index (χ4v) is 3.15. The van der Waals surface area contributed by atoms with Gasteiger partial charge in [-0.25, -0.2) is 19.3 Å². The Balaban J connectivity index is 1.55. The van der Waals surface area contributed by atoms with Crippen LogP contribution in [0.15, 0.2) is 29.1 Å². The van der Waals surface area contributed by atoms with Crippen LogP contribution in [0.25, 0.3) is 5.65 Å². The highest BCUT2D eigenvalue weighted by Gasteiger charge is 2.26. The van der Waals surface area contributed by atoms with Crippen LogP contribution in [0, 0.1) is 0 Å². The predicted octanol–water partition coefficient (Wildman–Crippen LogP) is 1.52. The lowest BCUT2D eigenvalue weighted by atomic mass is 10.3. The van der Waals surface area contributed by atoms with Crippen molar-refractivity contribution in [3.8, 4) is 0 Å². The molecule has 1 amide bonds. The number of halogens is 1. The van der Waals surface area contributed by atoms with Gasteiger partial charge in [0.05, 0.1) is 17.6 Å². The number of esters is 1. The zero-order valence-corrected chi connectivity index (χ0v) is 15.5. The molecule has 0 saturated heterocycles. The Labute approximate surface area is 156 Å². The van der Waals surface area contributed by atoms with Crippen molar-refractivity contribution in [1.82, 2.24) is 29.0 Å². The van der Waals surface area contributed by atoms with Crippen LogP contribution in [-0.4, -0.2) is 54.1 Å². The molecule has 1 aliphatic rings. The van der Waals surface area contributed by atoms with Crippen LogP contribution >= 0.6 is 15.9 Å². The summed E-state index contributed by atoms with van der Waals surface area (Å²) in [5.41, 5.74) is 1.18. The molecule has 4 heterocycles. The number of amides is 1. The first-order valence-corrected chi connectivity index (χ1v) is 8.88. The maximum Gasteiger partial charge on any atom is 0.358 e. The Kier molecular flexibility index (Phi) is 4.19. The van der Waals surface area contributed by atoms with Crippen molar-refractivity contribution in [2.24, 2.45) is 0 Å². The van der Waals surface area contributed by atoms with E-state index >= 15 is 0 Å². The molecular formula is C16H15BrN6O3. The maximum absolute atomic E-state index is 12.8. The lowest BCUT2D eigenvalue weighted by Crippen LogP contribution is -2.38. The van der Waals surface area contributed by atoms with Gasteiger partial charge in [-0.1, -0.05) is 0 Å². The Hall–Kier alpha value is -2.75. The average Bonchev–Trinajstić information content (AvgIpc) is 3.24. The van der Waals surface area contributed by atoms with E-state index in [1.165, 1.54) is 0 Å². The summed E-state index contributed by atoms with van der Waals surface area (Å²) in [6.07, 6.45) is 5.06. The third kappa shape index (κ3) is 2.96. The Morgan fingerprint density at radius 3 is 2.92 bits per heavy atom. The van der Waals surface area contributed by atoms with Crippen molar-refractivity contribution < 1.29 is 14.3 Å². The molecule has 0 unspecified atom stereocenters. The summed E-state index contributed by atoms with van der Waals surface area (Å²) in [7, 11) is 0. The summed E-state index contributed by atoms with van der Waals surface area (Å²) in [6, 6.07) is 1.65. The number of hydrogen-bond acceptors (Lipinski definition) is 6. The van der Waals surface area contributed by atoms with Crippen LogP contribution in [0.4, 0.5) is 0 Å². The van der Waals surface area contributed by atoms with E-state index in [1.807, 2.05) is 4.57 Å². The number of aromatic nitrogens is 5. The van der Waals surface area contributed by atoms with Gasteiger partial charge in [0.1, 0.15) is 5.82 Å².